The Labute approximate surface area is 158 Å². The van der Waals surface area contributed by atoms with Gasteiger partial charge in [-0.3, -0.25) is 20.4 Å². The number of nitrogens with one attached hydrogen (secondary N) is 2. The second-order valence-electron chi connectivity index (χ2n) is 7.55. The summed E-state index contributed by atoms with van der Waals surface area (Å²) in [5.74, 6) is 0.206. The van der Waals surface area contributed by atoms with Crippen molar-refractivity contribution in [2.24, 2.45) is 5.92 Å². The lowest BCUT2D eigenvalue weighted by atomic mass is 9.86. The fraction of sp³-hybridized carbons (Fsp3) is 0.579. The smallest absolute Gasteiger partial charge is 0.276 e. The van der Waals surface area contributed by atoms with E-state index in [1.165, 1.54) is 6.42 Å². The Morgan fingerprint density at radius 3 is 2.48 bits per heavy atom. The second-order valence-corrected chi connectivity index (χ2v) is 8.47. The van der Waals surface area contributed by atoms with Gasteiger partial charge in [0, 0.05) is 16.0 Å². The van der Waals surface area contributed by atoms with Crippen molar-refractivity contribution < 1.29 is 14.3 Å². The molecule has 0 spiro atoms. The maximum absolute atomic E-state index is 12.0. The number of hydrazine groups is 1. The van der Waals surface area contributed by atoms with Crippen molar-refractivity contribution in [3.63, 3.8) is 0 Å². The first-order valence-electron chi connectivity index (χ1n) is 8.79. The molecule has 0 atom stereocenters. The minimum atomic E-state index is -0.369. The third-order valence-electron chi connectivity index (χ3n) is 4.41. The summed E-state index contributed by atoms with van der Waals surface area (Å²) in [5, 5.41) is 0. The Bertz CT molecular complexity index is 620. The third-order valence-corrected chi connectivity index (χ3v) is 4.90. The van der Waals surface area contributed by atoms with Gasteiger partial charge in [-0.05, 0) is 36.5 Å². The van der Waals surface area contributed by atoms with Crippen molar-refractivity contribution in [2.75, 3.05) is 6.61 Å². The largest absolute Gasteiger partial charge is 0.483 e. The maximum Gasteiger partial charge on any atom is 0.276 e. The molecule has 1 aromatic rings. The van der Waals surface area contributed by atoms with Crippen LogP contribution in [0.5, 0.6) is 5.75 Å². The quantitative estimate of drug-likeness (QED) is 0.740. The highest BCUT2D eigenvalue weighted by Gasteiger charge is 2.22. The van der Waals surface area contributed by atoms with E-state index < -0.39 is 0 Å². The van der Waals surface area contributed by atoms with Crippen LogP contribution in [0.25, 0.3) is 0 Å². The van der Waals surface area contributed by atoms with Crippen molar-refractivity contribution in [1.29, 1.82) is 0 Å². The predicted molar refractivity (Wildman–Crippen MR) is 101 cm³/mol. The zero-order valence-corrected chi connectivity index (χ0v) is 16.7. The number of hydrogen-bond donors (Lipinski definition) is 2. The summed E-state index contributed by atoms with van der Waals surface area (Å²) in [5.41, 5.74) is 5.87. The normalized spacial score (nSPS) is 15.5. The molecular weight excluding hydrogens is 384 g/mol. The molecule has 0 heterocycles. The van der Waals surface area contributed by atoms with Gasteiger partial charge in [0.25, 0.3) is 5.91 Å². The molecule has 138 valence electrons. The highest BCUT2D eigenvalue weighted by molar-refractivity contribution is 9.10. The topological polar surface area (TPSA) is 67.4 Å². The molecule has 0 unspecified atom stereocenters. The first-order chi connectivity index (χ1) is 11.8. The lowest BCUT2D eigenvalue weighted by molar-refractivity contribution is -0.132. The Kier molecular flexibility index (Phi) is 6.87. The summed E-state index contributed by atoms with van der Waals surface area (Å²) in [4.78, 5) is 24.0. The van der Waals surface area contributed by atoms with Gasteiger partial charge in [-0.2, -0.15) is 0 Å². The van der Waals surface area contributed by atoms with E-state index in [9.17, 15) is 9.59 Å². The van der Waals surface area contributed by atoms with Crippen LogP contribution in [0.1, 0.15) is 58.4 Å². The number of benzene rings is 1. The number of rotatable bonds is 4. The molecule has 5 nitrogen and oxygen atoms in total. The molecular formula is C19H27BrN2O3. The molecule has 0 saturated heterocycles. The molecule has 0 radical (unpaired) electrons. The highest BCUT2D eigenvalue weighted by atomic mass is 79.9. The third kappa shape index (κ3) is 6.03. The molecule has 1 saturated carbocycles. The highest BCUT2D eigenvalue weighted by Crippen LogP contribution is 2.33. The molecule has 0 aromatic heterocycles. The average molecular weight is 411 g/mol. The Morgan fingerprint density at radius 1 is 1.16 bits per heavy atom. The van der Waals surface area contributed by atoms with E-state index >= 15 is 0 Å². The van der Waals surface area contributed by atoms with E-state index in [1.807, 2.05) is 18.2 Å². The van der Waals surface area contributed by atoms with Crippen molar-refractivity contribution >= 4 is 27.7 Å². The fourth-order valence-corrected chi connectivity index (χ4v) is 3.35. The van der Waals surface area contributed by atoms with Crippen molar-refractivity contribution in [2.45, 2.75) is 58.3 Å². The minimum Gasteiger partial charge on any atom is -0.483 e. The number of halogens is 1. The maximum atomic E-state index is 12.0. The summed E-state index contributed by atoms with van der Waals surface area (Å²) in [6.45, 7) is 6.12. The molecule has 2 N–H and O–H groups in total. The molecule has 2 amide bonds. The molecule has 0 bridgehead atoms. The van der Waals surface area contributed by atoms with Gasteiger partial charge in [0.2, 0.25) is 5.91 Å². The predicted octanol–water partition coefficient (Wildman–Crippen LogP) is 3.85. The van der Waals surface area contributed by atoms with Crippen LogP contribution in [0, 0.1) is 5.92 Å². The second kappa shape index (κ2) is 8.70. The summed E-state index contributed by atoms with van der Waals surface area (Å²) in [6, 6.07) is 5.73. The van der Waals surface area contributed by atoms with Gasteiger partial charge in [0.15, 0.2) is 6.61 Å². The van der Waals surface area contributed by atoms with Gasteiger partial charge in [-0.1, -0.05) is 56.0 Å². The zero-order chi connectivity index (χ0) is 18.4. The van der Waals surface area contributed by atoms with Gasteiger partial charge in [-0.15, -0.1) is 0 Å². The molecule has 25 heavy (non-hydrogen) atoms. The molecule has 1 fully saturated rings. The van der Waals surface area contributed by atoms with Gasteiger partial charge >= 0.3 is 0 Å². The number of carbonyl (C=O) groups is 2. The van der Waals surface area contributed by atoms with E-state index in [0.717, 1.165) is 35.7 Å². The van der Waals surface area contributed by atoms with Gasteiger partial charge in [0.05, 0.1) is 0 Å². The molecule has 6 heteroatoms. The van der Waals surface area contributed by atoms with Crippen LogP contribution in [-0.4, -0.2) is 18.4 Å². The monoisotopic (exact) mass is 410 g/mol. The van der Waals surface area contributed by atoms with Crippen LogP contribution in [0.15, 0.2) is 22.7 Å². The lowest BCUT2D eigenvalue weighted by Crippen LogP contribution is -2.46. The fourth-order valence-electron chi connectivity index (χ4n) is 2.99. The van der Waals surface area contributed by atoms with E-state index in [0.29, 0.717) is 5.75 Å². The van der Waals surface area contributed by atoms with Crippen LogP contribution >= 0.6 is 15.9 Å². The van der Waals surface area contributed by atoms with Gasteiger partial charge in [-0.25, -0.2) is 0 Å². The standard InChI is InChI=1S/C19H27BrN2O3/c1-19(2,3)15-11-14(20)9-10-16(15)25-12-17(23)21-22-18(24)13-7-5-4-6-8-13/h9-11,13H,4-8,12H2,1-3H3,(H,21,23)(H,22,24). The summed E-state index contributed by atoms with van der Waals surface area (Å²) in [6.07, 6.45) is 5.13. The number of hydrogen-bond acceptors (Lipinski definition) is 3. The Morgan fingerprint density at radius 2 is 1.84 bits per heavy atom. The van der Waals surface area contributed by atoms with Gasteiger partial charge < -0.3 is 4.74 Å². The number of ether oxygens (including phenoxy) is 1. The van der Waals surface area contributed by atoms with Crippen LogP contribution in [0.3, 0.4) is 0 Å². The van der Waals surface area contributed by atoms with E-state index in [4.69, 9.17) is 4.74 Å². The zero-order valence-electron chi connectivity index (χ0n) is 15.2. The summed E-state index contributed by atoms with van der Waals surface area (Å²) >= 11 is 3.47. The van der Waals surface area contributed by atoms with E-state index in [-0.39, 0.29) is 29.8 Å². The van der Waals surface area contributed by atoms with Crippen molar-refractivity contribution in [3.8, 4) is 5.75 Å². The van der Waals surface area contributed by atoms with Crippen molar-refractivity contribution in [3.05, 3.63) is 28.2 Å². The van der Waals surface area contributed by atoms with E-state index in [2.05, 4.69) is 47.6 Å². The number of carbonyl (C=O) groups excluding carboxylic acids is 2. The first kappa shape index (κ1) is 19.8. The van der Waals surface area contributed by atoms with Crippen LogP contribution in [-0.2, 0) is 15.0 Å². The SMILES string of the molecule is CC(C)(C)c1cc(Br)ccc1OCC(=O)NNC(=O)C1CCCCC1. The molecule has 2 rings (SSSR count). The molecule has 1 aliphatic rings. The van der Waals surface area contributed by atoms with Crippen LogP contribution in [0.4, 0.5) is 0 Å². The van der Waals surface area contributed by atoms with Gasteiger partial charge in [0.1, 0.15) is 5.75 Å². The Hall–Kier alpha value is -1.56. The van der Waals surface area contributed by atoms with Crippen LogP contribution < -0.4 is 15.6 Å². The Balaban J connectivity index is 1.85. The first-order valence-corrected chi connectivity index (χ1v) is 9.58. The minimum absolute atomic E-state index is 0.00827. The van der Waals surface area contributed by atoms with Crippen LogP contribution in [0.2, 0.25) is 0 Å². The molecule has 1 aliphatic carbocycles. The lowest BCUT2D eigenvalue weighted by Gasteiger charge is -2.23. The molecule has 0 aliphatic heterocycles. The summed E-state index contributed by atoms with van der Waals surface area (Å²) < 4.78 is 6.64. The van der Waals surface area contributed by atoms with Crippen molar-refractivity contribution in [1.82, 2.24) is 10.9 Å². The summed E-state index contributed by atoms with van der Waals surface area (Å²) in [7, 11) is 0. The van der Waals surface area contributed by atoms with E-state index in [1.54, 1.807) is 0 Å². The number of amides is 2. The molecule has 1 aromatic carbocycles. The average Bonchev–Trinajstić information content (AvgIpc) is 2.58.